The zero-order valence-corrected chi connectivity index (χ0v) is 10.8. The van der Waals surface area contributed by atoms with Crippen LogP contribution in [0.5, 0.6) is 0 Å². The Morgan fingerprint density at radius 2 is 1.76 bits per heavy atom. The lowest BCUT2D eigenvalue weighted by Gasteiger charge is -2.10. The van der Waals surface area contributed by atoms with Gasteiger partial charge in [-0.2, -0.15) is 10.5 Å². The van der Waals surface area contributed by atoms with Crippen LogP contribution in [0.1, 0.15) is 16.7 Å². The summed E-state index contributed by atoms with van der Waals surface area (Å²) in [6.07, 6.45) is 0. The first-order valence-electron chi connectivity index (χ1n) is 5.73. The Hall–Kier alpha value is -3.19. The molecule has 2 aromatic rings. The number of pyridine rings is 1. The van der Waals surface area contributed by atoms with E-state index in [0.29, 0.717) is 0 Å². The average molecular weight is 286 g/mol. The van der Waals surface area contributed by atoms with Crippen LogP contribution in [-0.2, 0) is 0 Å². The fraction of sp³-hybridized carbons (Fsp3) is 0.0714. The summed E-state index contributed by atoms with van der Waals surface area (Å²) in [5, 5.41) is 18.2. The molecule has 2 rings (SSSR count). The molecule has 21 heavy (non-hydrogen) atoms. The van der Waals surface area contributed by atoms with E-state index >= 15 is 0 Å². The maximum atomic E-state index is 14.1. The first kappa shape index (κ1) is 14.2. The SMILES string of the molecule is Cc1ccc(-c2c(C#N)c(N)[nH]c(=O)c2C#N)c(F)c1F. The summed E-state index contributed by atoms with van der Waals surface area (Å²) in [4.78, 5) is 13.8. The number of H-pyrrole nitrogens is 1. The number of halogens is 2. The largest absolute Gasteiger partial charge is 0.384 e. The van der Waals surface area contributed by atoms with Gasteiger partial charge in [0.2, 0.25) is 0 Å². The molecule has 0 atom stereocenters. The van der Waals surface area contributed by atoms with E-state index in [1.807, 2.05) is 0 Å². The van der Waals surface area contributed by atoms with Crippen LogP contribution in [0.2, 0.25) is 0 Å². The van der Waals surface area contributed by atoms with Gasteiger partial charge >= 0.3 is 0 Å². The fourth-order valence-corrected chi connectivity index (χ4v) is 1.95. The molecule has 0 saturated carbocycles. The summed E-state index contributed by atoms with van der Waals surface area (Å²) >= 11 is 0. The number of aryl methyl sites for hydroxylation is 1. The topological polar surface area (TPSA) is 106 Å². The lowest BCUT2D eigenvalue weighted by molar-refractivity contribution is 0.505. The lowest BCUT2D eigenvalue weighted by Crippen LogP contribution is -2.16. The van der Waals surface area contributed by atoms with E-state index in [1.54, 1.807) is 12.1 Å². The van der Waals surface area contributed by atoms with E-state index in [9.17, 15) is 13.6 Å². The number of aromatic nitrogens is 1. The lowest BCUT2D eigenvalue weighted by atomic mass is 9.95. The number of aromatic amines is 1. The highest BCUT2D eigenvalue weighted by molar-refractivity contribution is 5.80. The van der Waals surface area contributed by atoms with E-state index in [2.05, 4.69) is 4.98 Å². The van der Waals surface area contributed by atoms with Crippen molar-refractivity contribution in [3.63, 3.8) is 0 Å². The molecule has 1 heterocycles. The highest BCUT2D eigenvalue weighted by atomic mass is 19.2. The number of nitrogens with one attached hydrogen (secondary N) is 1. The van der Waals surface area contributed by atoms with Gasteiger partial charge in [-0.25, -0.2) is 8.78 Å². The number of nitrogen functional groups attached to an aromatic ring is 1. The molecule has 0 bridgehead atoms. The number of hydrogen-bond acceptors (Lipinski definition) is 4. The molecule has 0 aliphatic heterocycles. The quantitative estimate of drug-likeness (QED) is 0.835. The van der Waals surface area contributed by atoms with Crippen molar-refractivity contribution in [1.82, 2.24) is 4.98 Å². The van der Waals surface area contributed by atoms with Crippen LogP contribution in [0.25, 0.3) is 11.1 Å². The van der Waals surface area contributed by atoms with E-state index in [-0.39, 0.29) is 28.1 Å². The van der Waals surface area contributed by atoms with Gasteiger partial charge in [-0.3, -0.25) is 4.79 Å². The molecule has 0 fully saturated rings. The predicted molar refractivity (Wildman–Crippen MR) is 71.0 cm³/mol. The second-order valence-electron chi connectivity index (χ2n) is 4.27. The highest BCUT2D eigenvalue weighted by Gasteiger charge is 2.22. The van der Waals surface area contributed by atoms with Gasteiger partial charge in [0.15, 0.2) is 11.6 Å². The molecule has 0 radical (unpaired) electrons. The first-order valence-corrected chi connectivity index (χ1v) is 5.73. The normalized spacial score (nSPS) is 9.95. The molecule has 0 amide bonds. The van der Waals surface area contributed by atoms with Gasteiger partial charge in [0, 0.05) is 11.1 Å². The molecular weight excluding hydrogens is 278 g/mol. The molecule has 7 heteroatoms. The predicted octanol–water partition coefficient (Wildman–Crippen LogP) is 1.95. The minimum Gasteiger partial charge on any atom is -0.384 e. The van der Waals surface area contributed by atoms with Crippen molar-refractivity contribution in [3.05, 3.63) is 50.8 Å². The van der Waals surface area contributed by atoms with Crippen LogP contribution >= 0.6 is 0 Å². The smallest absolute Gasteiger partial charge is 0.268 e. The summed E-state index contributed by atoms with van der Waals surface area (Å²) in [7, 11) is 0. The maximum absolute atomic E-state index is 14.1. The van der Waals surface area contributed by atoms with Gasteiger partial charge in [-0.05, 0) is 12.5 Å². The van der Waals surface area contributed by atoms with Crippen LogP contribution in [0.3, 0.4) is 0 Å². The van der Waals surface area contributed by atoms with Crippen molar-refractivity contribution in [2.45, 2.75) is 6.92 Å². The second kappa shape index (κ2) is 5.06. The summed E-state index contributed by atoms with van der Waals surface area (Å²) in [6, 6.07) is 5.76. The molecule has 0 aliphatic rings. The Kier molecular flexibility index (Phi) is 3.43. The summed E-state index contributed by atoms with van der Waals surface area (Å²) < 4.78 is 27.8. The molecule has 0 unspecified atom stereocenters. The van der Waals surface area contributed by atoms with Gasteiger partial charge in [-0.1, -0.05) is 12.1 Å². The molecule has 1 aromatic carbocycles. The number of anilines is 1. The molecule has 1 aromatic heterocycles. The number of hydrogen-bond donors (Lipinski definition) is 2. The molecule has 5 nitrogen and oxygen atoms in total. The molecular formula is C14H8F2N4O. The van der Waals surface area contributed by atoms with Crippen molar-refractivity contribution in [2.75, 3.05) is 5.73 Å². The number of nitrogens with zero attached hydrogens (tertiary/aromatic N) is 2. The van der Waals surface area contributed by atoms with Crippen molar-refractivity contribution in [2.24, 2.45) is 0 Å². The third kappa shape index (κ3) is 2.11. The van der Waals surface area contributed by atoms with Crippen molar-refractivity contribution >= 4 is 5.82 Å². The maximum Gasteiger partial charge on any atom is 0.268 e. The summed E-state index contributed by atoms with van der Waals surface area (Å²) in [5.41, 5.74) is 3.25. The zero-order valence-electron chi connectivity index (χ0n) is 10.8. The molecule has 0 aliphatic carbocycles. The Morgan fingerprint density at radius 1 is 1.14 bits per heavy atom. The number of benzene rings is 1. The van der Waals surface area contributed by atoms with Crippen LogP contribution in [0.4, 0.5) is 14.6 Å². The Labute approximate surface area is 117 Å². The number of rotatable bonds is 1. The van der Waals surface area contributed by atoms with E-state index < -0.39 is 22.8 Å². The van der Waals surface area contributed by atoms with Crippen LogP contribution in [0, 0.1) is 41.2 Å². The summed E-state index contributed by atoms with van der Waals surface area (Å²) in [6.45, 7) is 1.37. The Balaban J connectivity index is 3.01. The van der Waals surface area contributed by atoms with Gasteiger partial charge in [-0.15, -0.1) is 0 Å². The third-order valence-corrected chi connectivity index (χ3v) is 3.01. The minimum atomic E-state index is -1.24. The van der Waals surface area contributed by atoms with Crippen molar-refractivity contribution in [1.29, 1.82) is 10.5 Å². The number of nitrogens with two attached hydrogens (primary N) is 1. The Bertz CT molecular complexity index is 888. The zero-order chi connectivity index (χ0) is 15.7. The molecule has 104 valence electrons. The van der Waals surface area contributed by atoms with Gasteiger partial charge in [0.1, 0.15) is 29.1 Å². The molecule has 0 saturated heterocycles. The van der Waals surface area contributed by atoms with Gasteiger partial charge in [0.25, 0.3) is 5.56 Å². The van der Waals surface area contributed by atoms with E-state index in [1.165, 1.54) is 19.1 Å². The first-order chi connectivity index (χ1) is 9.92. The molecule has 3 N–H and O–H groups in total. The van der Waals surface area contributed by atoms with E-state index in [0.717, 1.165) is 0 Å². The fourth-order valence-electron chi connectivity index (χ4n) is 1.95. The van der Waals surface area contributed by atoms with Crippen molar-refractivity contribution < 1.29 is 8.78 Å². The standard InChI is InChI=1S/C14H8F2N4O/c1-6-2-3-7(12(16)11(6)15)10-8(4-17)13(19)20-14(21)9(10)5-18/h2-3H,1H3,(H3,19,20,21). The summed E-state index contributed by atoms with van der Waals surface area (Å²) in [5.74, 6) is -2.66. The third-order valence-electron chi connectivity index (χ3n) is 3.01. The van der Waals surface area contributed by atoms with Gasteiger partial charge in [0.05, 0.1) is 0 Å². The van der Waals surface area contributed by atoms with Gasteiger partial charge < -0.3 is 10.7 Å². The van der Waals surface area contributed by atoms with E-state index in [4.69, 9.17) is 16.3 Å². The van der Waals surface area contributed by atoms with Crippen LogP contribution in [0.15, 0.2) is 16.9 Å². The average Bonchev–Trinajstić information content (AvgIpc) is 2.44. The minimum absolute atomic E-state index is 0.0612. The monoisotopic (exact) mass is 286 g/mol. The second-order valence-corrected chi connectivity index (χ2v) is 4.27. The van der Waals surface area contributed by atoms with Crippen LogP contribution in [-0.4, -0.2) is 4.98 Å². The highest BCUT2D eigenvalue weighted by Crippen LogP contribution is 2.31. The van der Waals surface area contributed by atoms with Crippen LogP contribution < -0.4 is 11.3 Å². The number of nitriles is 2. The Morgan fingerprint density at radius 3 is 2.33 bits per heavy atom. The molecule has 0 spiro atoms. The van der Waals surface area contributed by atoms with Crippen molar-refractivity contribution in [3.8, 4) is 23.3 Å².